The van der Waals surface area contributed by atoms with E-state index in [9.17, 15) is 14.9 Å². The van der Waals surface area contributed by atoms with Crippen LogP contribution in [0, 0.1) is 16.0 Å². The lowest BCUT2D eigenvalue weighted by Gasteiger charge is -2.34. The number of hydrogen-bond donors (Lipinski definition) is 1. The second-order valence-corrected chi connectivity index (χ2v) is 6.89. The topological polar surface area (TPSA) is 97.1 Å². The second kappa shape index (κ2) is 11.3. The number of nitrogens with one attached hydrogen (secondary N) is 1. The first-order chi connectivity index (χ1) is 13.5. The predicted molar refractivity (Wildman–Crippen MR) is 108 cm³/mol. The Labute approximate surface area is 166 Å². The van der Waals surface area contributed by atoms with E-state index >= 15 is 0 Å². The molecular formula is C20H30N4O4. The van der Waals surface area contributed by atoms with E-state index in [0.29, 0.717) is 13.2 Å². The van der Waals surface area contributed by atoms with Gasteiger partial charge in [0.1, 0.15) is 0 Å². The van der Waals surface area contributed by atoms with E-state index in [1.54, 1.807) is 19.2 Å². The molecule has 1 aliphatic heterocycles. The Bertz CT molecular complexity index is 675. The van der Waals surface area contributed by atoms with Crippen LogP contribution in [-0.2, 0) is 16.0 Å². The number of aryl methyl sites for hydroxylation is 1. The Morgan fingerprint density at radius 2 is 2.11 bits per heavy atom. The molecule has 1 atom stereocenters. The van der Waals surface area contributed by atoms with Crippen molar-refractivity contribution in [2.24, 2.45) is 10.9 Å². The van der Waals surface area contributed by atoms with E-state index in [1.165, 1.54) is 0 Å². The van der Waals surface area contributed by atoms with Gasteiger partial charge in [-0.2, -0.15) is 0 Å². The number of non-ortho nitro benzene ring substituents is 1. The number of nitro groups is 1. The highest BCUT2D eigenvalue weighted by molar-refractivity contribution is 5.81. The van der Waals surface area contributed by atoms with E-state index in [0.717, 1.165) is 56.7 Å². The minimum absolute atomic E-state index is 0.0885. The molecule has 1 fully saturated rings. The van der Waals surface area contributed by atoms with Crippen LogP contribution in [0.5, 0.6) is 0 Å². The van der Waals surface area contributed by atoms with Crippen molar-refractivity contribution >= 4 is 17.6 Å². The van der Waals surface area contributed by atoms with Gasteiger partial charge in [0, 0.05) is 38.8 Å². The molecule has 1 aliphatic rings. The molecule has 1 heterocycles. The highest BCUT2D eigenvalue weighted by Crippen LogP contribution is 2.18. The quantitative estimate of drug-likeness (QED) is 0.183. The molecule has 1 N–H and O–H groups in total. The summed E-state index contributed by atoms with van der Waals surface area (Å²) in [5.41, 5.74) is 1.22. The average molecular weight is 390 g/mol. The number of guanidine groups is 1. The Morgan fingerprint density at radius 3 is 2.75 bits per heavy atom. The summed E-state index contributed by atoms with van der Waals surface area (Å²) in [7, 11) is 1.76. The Morgan fingerprint density at radius 1 is 1.36 bits per heavy atom. The number of piperidine rings is 1. The molecule has 1 aromatic rings. The fourth-order valence-corrected chi connectivity index (χ4v) is 3.39. The maximum atomic E-state index is 12.0. The van der Waals surface area contributed by atoms with Crippen LogP contribution in [0.15, 0.2) is 29.3 Å². The van der Waals surface area contributed by atoms with Crippen LogP contribution in [0.4, 0.5) is 5.69 Å². The molecular weight excluding hydrogens is 360 g/mol. The number of carbonyl (C=O) groups is 1. The zero-order valence-corrected chi connectivity index (χ0v) is 16.7. The molecule has 0 bridgehead atoms. The first-order valence-corrected chi connectivity index (χ1v) is 9.90. The first-order valence-electron chi connectivity index (χ1n) is 9.90. The lowest BCUT2D eigenvalue weighted by atomic mass is 9.98. The summed E-state index contributed by atoms with van der Waals surface area (Å²) in [6, 6.07) is 6.72. The van der Waals surface area contributed by atoms with E-state index < -0.39 is 0 Å². The minimum Gasteiger partial charge on any atom is -0.466 e. The number of hydrogen-bond acceptors (Lipinski definition) is 5. The van der Waals surface area contributed by atoms with Gasteiger partial charge in [0.25, 0.3) is 5.69 Å². The van der Waals surface area contributed by atoms with Crippen LogP contribution in [0.3, 0.4) is 0 Å². The van der Waals surface area contributed by atoms with Crippen LogP contribution in [0.1, 0.15) is 38.2 Å². The number of ether oxygens (including phenoxy) is 1. The van der Waals surface area contributed by atoms with E-state index in [1.807, 2.05) is 19.1 Å². The number of likely N-dealkylation sites (tertiary alicyclic amines) is 1. The molecule has 1 unspecified atom stereocenters. The molecule has 0 aromatic heterocycles. The molecule has 0 aliphatic carbocycles. The fourth-order valence-electron chi connectivity index (χ4n) is 3.39. The van der Waals surface area contributed by atoms with Crippen molar-refractivity contribution in [2.75, 3.05) is 33.3 Å². The van der Waals surface area contributed by atoms with Crippen LogP contribution in [0.25, 0.3) is 0 Å². The molecule has 28 heavy (non-hydrogen) atoms. The number of rotatable bonds is 8. The number of nitro benzene ring substituents is 1. The van der Waals surface area contributed by atoms with Gasteiger partial charge in [-0.1, -0.05) is 12.1 Å². The van der Waals surface area contributed by atoms with Gasteiger partial charge < -0.3 is 15.0 Å². The summed E-state index contributed by atoms with van der Waals surface area (Å²) < 4.78 is 5.16. The number of benzene rings is 1. The summed E-state index contributed by atoms with van der Waals surface area (Å²) in [6.07, 6.45) is 4.64. The van der Waals surface area contributed by atoms with E-state index in [-0.39, 0.29) is 22.5 Å². The van der Waals surface area contributed by atoms with Crippen molar-refractivity contribution < 1.29 is 14.5 Å². The summed E-state index contributed by atoms with van der Waals surface area (Å²) in [5, 5.41) is 14.1. The number of carbonyl (C=O) groups excluding carboxylic acids is 1. The van der Waals surface area contributed by atoms with Gasteiger partial charge in [-0.3, -0.25) is 19.9 Å². The SMILES string of the molecule is CCOC(=O)C1CCCN(C(=NC)NCCCCc2ccc([N+](=O)[O-])cc2)C1. The average Bonchev–Trinajstić information content (AvgIpc) is 2.71. The molecule has 2 rings (SSSR count). The van der Waals surface area contributed by atoms with Gasteiger partial charge >= 0.3 is 5.97 Å². The van der Waals surface area contributed by atoms with Crippen LogP contribution < -0.4 is 5.32 Å². The van der Waals surface area contributed by atoms with E-state index in [4.69, 9.17) is 4.74 Å². The Balaban J connectivity index is 1.72. The number of unbranched alkanes of at least 4 members (excludes halogenated alkanes) is 1. The van der Waals surface area contributed by atoms with Crippen molar-refractivity contribution in [1.29, 1.82) is 0 Å². The molecule has 0 radical (unpaired) electrons. The predicted octanol–water partition coefficient (Wildman–Crippen LogP) is 2.77. The molecule has 0 amide bonds. The summed E-state index contributed by atoms with van der Waals surface area (Å²) in [4.78, 5) is 28.8. The van der Waals surface area contributed by atoms with Crippen molar-refractivity contribution in [2.45, 2.75) is 39.0 Å². The zero-order chi connectivity index (χ0) is 20.4. The maximum absolute atomic E-state index is 12.0. The van der Waals surface area contributed by atoms with Crippen LogP contribution in [-0.4, -0.2) is 55.0 Å². The standard InChI is InChI=1S/C20H30N4O4/c1-3-28-19(25)17-8-6-14-23(15-17)20(21-2)22-13-5-4-7-16-9-11-18(12-10-16)24(26)27/h9-12,17H,3-8,13-15H2,1-2H3,(H,21,22). The van der Waals surface area contributed by atoms with Gasteiger partial charge in [0.15, 0.2) is 5.96 Å². The lowest BCUT2D eigenvalue weighted by Crippen LogP contribution is -2.48. The molecule has 8 nitrogen and oxygen atoms in total. The highest BCUT2D eigenvalue weighted by atomic mass is 16.6. The molecule has 8 heteroatoms. The highest BCUT2D eigenvalue weighted by Gasteiger charge is 2.28. The normalized spacial score (nSPS) is 17.3. The smallest absolute Gasteiger partial charge is 0.310 e. The third kappa shape index (κ3) is 6.51. The number of aliphatic imine (C=N–C) groups is 1. The van der Waals surface area contributed by atoms with Gasteiger partial charge in [-0.25, -0.2) is 0 Å². The monoisotopic (exact) mass is 390 g/mol. The Kier molecular flexibility index (Phi) is 8.71. The molecule has 0 saturated carbocycles. The zero-order valence-electron chi connectivity index (χ0n) is 16.7. The first kappa shape index (κ1) is 21.7. The van der Waals surface area contributed by atoms with Crippen LogP contribution >= 0.6 is 0 Å². The van der Waals surface area contributed by atoms with Gasteiger partial charge in [0.2, 0.25) is 0 Å². The summed E-state index contributed by atoms with van der Waals surface area (Å²) in [6.45, 7) is 4.56. The van der Waals surface area contributed by atoms with Crippen molar-refractivity contribution in [3.63, 3.8) is 0 Å². The largest absolute Gasteiger partial charge is 0.466 e. The minimum atomic E-state index is -0.383. The number of nitrogens with zero attached hydrogens (tertiary/aromatic N) is 3. The lowest BCUT2D eigenvalue weighted by molar-refractivity contribution is -0.384. The molecule has 0 spiro atoms. The summed E-state index contributed by atoms with van der Waals surface area (Å²) >= 11 is 0. The van der Waals surface area contributed by atoms with Gasteiger partial charge in [0.05, 0.1) is 17.4 Å². The fraction of sp³-hybridized carbons (Fsp3) is 0.600. The van der Waals surface area contributed by atoms with Crippen molar-refractivity contribution in [3.05, 3.63) is 39.9 Å². The van der Waals surface area contributed by atoms with Crippen molar-refractivity contribution in [3.8, 4) is 0 Å². The van der Waals surface area contributed by atoms with Gasteiger partial charge in [-0.15, -0.1) is 0 Å². The van der Waals surface area contributed by atoms with Crippen molar-refractivity contribution in [1.82, 2.24) is 10.2 Å². The third-order valence-corrected chi connectivity index (χ3v) is 4.88. The van der Waals surface area contributed by atoms with Gasteiger partial charge in [-0.05, 0) is 44.6 Å². The summed E-state index contributed by atoms with van der Waals surface area (Å²) in [5.74, 6) is 0.615. The second-order valence-electron chi connectivity index (χ2n) is 6.89. The molecule has 154 valence electrons. The van der Waals surface area contributed by atoms with E-state index in [2.05, 4.69) is 15.2 Å². The third-order valence-electron chi connectivity index (χ3n) is 4.88. The molecule has 1 saturated heterocycles. The van der Waals surface area contributed by atoms with Crippen LogP contribution in [0.2, 0.25) is 0 Å². The Hall–Kier alpha value is -2.64. The maximum Gasteiger partial charge on any atom is 0.310 e. The molecule has 1 aromatic carbocycles. The number of esters is 1.